The van der Waals surface area contributed by atoms with Gasteiger partial charge in [-0.3, -0.25) is 4.79 Å². The minimum atomic E-state index is -0.0361. The molecular weight excluding hydrogens is 236 g/mol. The maximum absolute atomic E-state index is 12.1. The second kappa shape index (κ2) is 5.10. The monoisotopic (exact) mass is 264 g/mol. The summed E-state index contributed by atoms with van der Waals surface area (Å²) in [4.78, 5) is 12.1. The van der Waals surface area contributed by atoms with Gasteiger partial charge >= 0.3 is 5.97 Å². The molecule has 19 heavy (non-hydrogen) atoms. The SMILES string of the molecule is CC(C)CCCCC1CC2CC1C1(CCOC1=O)C2. The number of esters is 1. The van der Waals surface area contributed by atoms with Gasteiger partial charge in [-0.2, -0.15) is 0 Å². The highest BCUT2D eigenvalue weighted by Crippen LogP contribution is 2.63. The predicted octanol–water partition coefficient (Wildman–Crippen LogP) is 4.18. The number of fused-ring (bicyclic) bond motifs is 3. The van der Waals surface area contributed by atoms with Crippen molar-refractivity contribution in [2.75, 3.05) is 6.61 Å². The molecule has 1 heterocycles. The normalized spacial score (nSPS) is 40.6. The molecule has 2 bridgehead atoms. The highest BCUT2D eigenvalue weighted by molar-refractivity contribution is 5.79. The van der Waals surface area contributed by atoms with Crippen LogP contribution in [0.15, 0.2) is 0 Å². The largest absolute Gasteiger partial charge is 0.465 e. The first kappa shape index (κ1) is 13.5. The zero-order valence-electron chi connectivity index (χ0n) is 12.5. The zero-order chi connectivity index (χ0) is 13.5. The lowest BCUT2D eigenvalue weighted by Crippen LogP contribution is -2.36. The third-order valence-electron chi connectivity index (χ3n) is 5.95. The summed E-state index contributed by atoms with van der Waals surface area (Å²) >= 11 is 0. The lowest BCUT2D eigenvalue weighted by molar-refractivity contribution is -0.149. The second-order valence-corrected chi connectivity index (χ2v) is 7.63. The van der Waals surface area contributed by atoms with E-state index in [1.54, 1.807) is 0 Å². The summed E-state index contributed by atoms with van der Waals surface area (Å²) in [6.45, 7) is 5.30. The molecule has 3 fully saturated rings. The molecule has 2 nitrogen and oxygen atoms in total. The molecular formula is C17H28O2. The fourth-order valence-corrected chi connectivity index (χ4v) is 5.12. The van der Waals surface area contributed by atoms with Crippen molar-refractivity contribution in [3.63, 3.8) is 0 Å². The van der Waals surface area contributed by atoms with Gasteiger partial charge in [-0.15, -0.1) is 0 Å². The lowest BCUT2D eigenvalue weighted by Gasteiger charge is -2.35. The van der Waals surface area contributed by atoms with E-state index in [-0.39, 0.29) is 11.4 Å². The van der Waals surface area contributed by atoms with Gasteiger partial charge in [0.25, 0.3) is 0 Å². The van der Waals surface area contributed by atoms with Crippen molar-refractivity contribution in [3.8, 4) is 0 Å². The summed E-state index contributed by atoms with van der Waals surface area (Å²) in [6, 6.07) is 0. The zero-order valence-corrected chi connectivity index (χ0v) is 12.5. The van der Waals surface area contributed by atoms with E-state index in [9.17, 15) is 4.79 Å². The van der Waals surface area contributed by atoms with Crippen molar-refractivity contribution in [1.29, 1.82) is 0 Å². The fourth-order valence-electron chi connectivity index (χ4n) is 5.12. The van der Waals surface area contributed by atoms with Crippen LogP contribution in [0.3, 0.4) is 0 Å². The molecule has 1 saturated heterocycles. The smallest absolute Gasteiger partial charge is 0.312 e. The highest BCUT2D eigenvalue weighted by Gasteiger charge is 2.61. The van der Waals surface area contributed by atoms with E-state index in [1.807, 2.05) is 0 Å². The minimum Gasteiger partial charge on any atom is -0.465 e. The molecule has 1 spiro atoms. The van der Waals surface area contributed by atoms with Crippen LogP contribution in [0.1, 0.15) is 65.2 Å². The molecule has 0 N–H and O–H groups in total. The van der Waals surface area contributed by atoms with Crippen LogP contribution in [0.5, 0.6) is 0 Å². The van der Waals surface area contributed by atoms with Crippen molar-refractivity contribution in [3.05, 3.63) is 0 Å². The number of hydrogen-bond donors (Lipinski definition) is 0. The van der Waals surface area contributed by atoms with E-state index in [0.29, 0.717) is 12.5 Å². The van der Waals surface area contributed by atoms with E-state index < -0.39 is 0 Å². The van der Waals surface area contributed by atoms with Crippen LogP contribution in [-0.2, 0) is 9.53 Å². The van der Waals surface area contributed by atoms with Gasteiger partial charge in [-0.25, -0.2) is 0 Å². The van der Waals surface area contributed by atoms with Crippen molar-refractivity contribution in [1.82, 2.24) is 0 Å². The molecule has 3 aliphatic rings. The Morgan fingerprint density at radius 2 is 2.16 bits per heavy atom. The first-order chi connectivity index (χ1) is 9.12. The average molecular weight is 264 g/mol. The molecule has 2 saturated carbocycles. The quantitative estimate of drug-likeness (QED) is 0.550. The Labute approximate surface area is 117 Å². The first-order valence-electron chi connectivity index (χ1n) is 8.29. The van der Waals surface area contributed by atoms with Crippen LogP contribution in [0, 0.1) is 29.1 Å². The maximum Gasteiger partial charge on any atom is 0.312 e. The standard InChI is InChI=1S/C17H28O2/c1-12(2)5-3-4-6-14-9-13-10-15(14)17(11-13)7-8-19-16(17)18/h12-15H,3-11H2,1-2H3. The van der Waals surface area contributed by atoms with Crippen LogP contribution in [0.2, 0.25) is 0 Å². The number of cyclic esters (lactones) is 1. The van der Waals surface area contributed by atoms with Gasteiger partial charge in [0.05, 0.1) is 12.0 Å². The van der Waals surface area contributed by atoms with Gasteiger partial charge in [-0.1, -0.05) is 39.5 Å². The fraction of sp³-hybridized carbons (Fsp3) is 0.941. The van der Waals surface area contributed by atoms with Gasteiger partial charge < -0.3 is 4.74 Å². The van der Waals surface area contributed by atoms with Gasteiger partial charge in [0.1, 0.15) is 0 Å². The van der Waals surface area contributed by atoms with Crippen molar-refractivity contribution in [2.24, 2.45) is 29.1 Å². The second-order valence-electron chi connectivity index (χ2n) is 7.63. The molecule has 0 amide bonds. The summed E-state index contributed by atoms with van der Waals surface area (Å²) < 4.78 is 5.31. The number of ether oxygens (including phenoxy) is 1. The Bertz CT molecular complexity index is 349. The van der Waals surface area contributed by atoms with E-state index in [4.69, 9.17) is 4.74 Å². The third kappa shape index (κ3) is 2.32. The topological polar surface area (TPSA) is 26.3 Å². The van der Waals surface area contributed by atoms with Crippen LogP contribution in [0.25, 0.3) is 0 Å². The molecule has 1 aliphatic heterocycles. The average Bonchev–Trinajstić information content (AvgIpc) is 3.01. The Morgan fingerprint density at radius 3 is 2.79 bits per heavy atom. The maximum atomic E-state index is 12.1. The van der Waals surface area contributed by atoms with Crippen molar-refractivity contribution in [2.45, 2.75) is 65.2 Å². The molecule has 4 atom stereocenters. The molecule has 108 valence electrons. The molecule has 0 aromatic rings. The summed E-state index contributed by atoms with van der Waals surface area (Å²) in [7, 11) is 0. The predicted molar refractivity (Wildman–Crippen MR) is 75.6 cm³/mol. The Morgan fingerprint density at radius 1 is 1.32 bits per heavy atom. The molecule has 0 radical (unpaired) electrons. The van der Waals surface area contributed by atoms with E-state index >= 15 is 0 Å². The van der Waals surface area contributed by atoms with Crippen molar-refractivity contribution >= 4 is 5.97 Å². The number of rotatable bonds is 5. The van der Waals surface area contributed by atoms with Gasteiger partial charge in [0.15, 0.2) is 0 Å². The summed E-state index contributed by atoms with van der Waals surface area (Å²) in [5.41, 5.74) is -0.0361. The Balaban J connectivity index is 1.55. The Kier molecular flexibility index (Phi) is 3.61. The van der Waals surface area contributed by atoms with Gasteiger partial charge in [0, 0.05) is 0 Å². The summed E-state index contributed by atoms with van der Waals surface area (Å²) in [5.74, 6) is 3.27. The minimum absolute atomic E-state index is 0.0361. The lowest BCUT2D eigenvalue weighted by atomic mass is 9.66. The highest BCUT2D eigenvalue weighted by atomic mass is 16.5. The Hall–Kier alpha value is -0.530. The molecule has 0 aromatic carbocycles. The van der Waals surface area contributed by atoms with Gasteiger partial charge in [-0.05, 0) is 49.4 Å². The van der Waals surface area contributed by atoms with Crippen LogP contribution in [0.4, 0.5) is 0 Å². The van der Waals surface area contributed by atoms with E-state index in [1.165, 1.54) is 38.5 Å². The number of carbonyl (C=O) groups excluding carboxylic acids is 1. The van der Waals surface area contributed by atoms with Crippen LogP contribution in [-0.4, -0.2) is 12.6 Å². The molecule has 0 aromatic heterocycles. The van der Waals surface area contributed by atoms with E-state index in [2.05, 4.69) is 13.8 Å². The summed E-state index contributed by atoms with van der Waals surface area (Å²) in [6.07, 6.45) is 10.3. The van der Waals surface area contributed by atoms with Crippen molar-refractivity contribution < 1.29 is 9.53 Å². The molecule has 3 rings (SSSR count). The number of carbonyl (C=O) groups is 1. The first-order valence-corrected chi connectivity index (χ1v) is 8.29. The molecule has 2 heteroatoms. The third-order valence-corrected chi connectivity index (χ3v) is 5.95. The number of unbranched alkanes of at least 4 members (excludes halogenated alkanes) is 1. The number of hydrogen-bond acceptors (Lipinski definition) is 2. The van der Waals surface area contributed by atoms with Crippen LogP contribution >= 0.6 is 0 Å². The molecule has 2 aliphatic carbocycles. The van der Waals surface area contributed by atoms with Crippen LogP contribution < -0.4 is 0 Å². The molecule has 4 unspecified atom stereocenters. The summed E-state index contributed by atoms with van der Waals surface area (Å²) in [5, 5.41) is 0. The van der Waals surface area contributed by atoms with Gasteiger partial charge in [0.2, 0.25) is 0 Å². The van der Waals surface area contributed by atoms with E-state index in [0.717, 1.165) is 30.6 Å².